The molecule has 1 rings (SSSR count). The second-order valence-electron chi connectivity index (χ2n) is 3.08. The van der Waals surface area contributed by atoms with E-state index in [0.29, 0.717) is 19.0 Å². The first-order chi connectivity index (χ1) is 5.33. The number of hydrogen-bond donors (Lipinski definition) is 2. The van der Waals surface area contributed by atoms with Crippen LogP contribution in [0.4, 0.5) is 0 Å². The normalized spacial score (nSPS) is 19.3. The van der Waals surface area contributed by atoms with E-state index in [9.17, 15) is 5.11 Å². The lowest BCUT2D eigenvalue weighted by atomic mass is 10.2. The van der Waals surface area contributed by atoms with Gasteiger partial charge in [0, 0.05) is 19.0 Å². The highest BCUT2D eigenvalue weighted by Gasteiger charge is 2.20. The number of terminal acetylenes is 1. The third-order valence-electron chi connectivity index (χ3n) is 1.84. The van der Waals surface area contributed by atoms with Crippen LogP contribution < -0.4 is 5.32 Å². The summed E-state index contributed by atoms with van der Waals surface area (Å²) in [7, 11) is 0. The van der Waals surface area contributed by atoms with Gasteiger partial charge in [-0.2, -0.15) is 0 Å². The summed E-state index contributed by atoms with van der Waals surface area (Å²) in [6, 6.07) is 0.676. The lowest BCUT2D eigenvalue weighted by Gasteiger charge is -2.08. The highest BCUT2D eigenvalue weighted by molar-refractivity contribution is 4.86. The maximum Gasteiger partial charge on any atom is 0.0673 e. The predicted molar refractivity (Wildman–Crippen MR) is 45.1 cm³/mol. The van der Waals surface area contributed by atoms with Crippen LogP contribution in [0.2, 0.25) is 0 Å². The van der Waals surface area contributed by atoms with Crippen molar-refractivity contribution in [3.63, 3.8) is 0 Å². The highest BCUT2D eigenvalue weighted by atomic mass is 16.3. The lowest BCUT2D eigenvalue weighted by Crippen LogP contribution is -2.28. The first-order valence-corrected chi connectivity index (χ1v) is 4.18. The van der Waals surface area contributed by atoms with Crippen molar-refractivity contribution in [2.24, 2.45) is 0 Å². The van der Waals surface area contributed by atoms with Crippen LogP contribution in [0.3, 0.4) is 0 Å². The lowest BCUT2D eigenvalue weighted by molar-refractivity contribution is 0.163. The van der Waals surface area contributed by atoms with Crippen LogP contribution in [0.1, 0.15) is 25.7 Å². The average Bonchev–Trinajstić information content (AvgIpc) is 2.80. The Morgan fingerprint density at radius 3 is 2.91 bits per heavy atom. The van der Waals surface area contributed by atoms with Crippen LogP contribution in [-0.2, 0) is 0 Å². The molecule has 0 aromatic rings. The van der Waals surface area contributed by atoms with Crippen molar-refractivity contribution in [3.8, 4) is 12.3 Å². The summed E-state index contributed by atoms with van der Waals surface area (Å²) in [5.74, 6) is 2.51. The van der Waals surface area contributed by atoms with Gasteiger partial charge in [0.15, 0.2) is 0 Å². The second-order valence-corrected chi connectivity index (χ2v) is 3.08. The van der Waals surface area contributed by atoms with Gasteiger partial charge in [-0.1, -0.05) is 0 Å². The van der Waals surface area contributed by atoms with E-state index >= 15 is 0 Å². The van der Waals surface area contributed by atoms with Crippen LogP contribution in [-0.4, -0.2) is 23.8 Å². The molecule has 1 unspecified atom stereocenters. The van der Waals surface area contributed by atoms with Crippen LogP contribution in [0, 0.1) is 12.3 Å². The molecule has 0 aromatic carbocycles. The maximum absolute atomic E-state index is 9.30. The Bertz CT molecular complexity index is 146. The Labute approximate surface area is 68.0 Å². The first kappa shape index (κ1) is 8.58. The fraction of sp³-hybridized carbons (Fsp3) is 0.778. The molecule has 1 fully saturated rings. The fourth-order valence-corrected chi connectivity index (χ4v) is 0.942. The summed E-state index contributed by atoms with van der Waals surface area (Å²) >= 11 is 0. The smallest absolute Gasteiger partial charge is 0.0673 e. The van der Waals surface area contributed by atoms with E-state index in [1.807, 2.05) is 0 Å². The Hall–Kier alpha value is -0.520. The zero-order valence-corrected chi connectivity index (χ0v) is 6.71. The molecule has 1 aliphatic rings. The number of nitrogens with one attached hydrogen (secondary N) is 1. The molecule has 0 aliphatic heterocycles. The molecule has 0 saturated heterocycles. The maximum atomic E-state index is 9.30. The molecule has 0 bridgehead atoms. The van der Waals surface area contributed by atoms with E-state index in [2.05, 4.69) is 11.2 Å². The minimum atomic E-state index is -0.258. The molecule has 11 heavy (non-hydrogen) atoms. The quantitative estimate of drug-likeness (QED) is 0.564. The number of rotatable bonds is 5. The van der Waals surface area contributed by atoms with Crippen molar-refractivity contribution in [1.29, 1.82) is 0 Å². The summed E-state index contributed by atoms with van der Waals surface area (Å²) in [6.45, 7) is 0.701. The van der Waals surface area contributed by atoms with E-state index in [0.717, 1.165) is 6.42 Å². The molecule has 0 aromatic heterocycles. The van der Waals surface area contributed by atoms with Crippen molar-refractivity contribution >= 4 is 0 Å². The van der Waals surface area contributed by atoms with E-state index in [-0.39, 0.29) is 6.10 Å². The molecule has 0 heterocycles. The average molecular weight is 153 g/mol. The van der Waals surface area contributed by atoms with Gasteiger partial charge in [0.2, 0.25) is 0 Å². The molecule has 1 saturated carbocycles. The summed E-state index contributed by atoms with van der Waals surface area (Å²) in [4.78, 5) is 0. The Morgan fingerprint density at radius 1 is 1.64 bits per heavy atom. The molecular formula is C9H15NO. The monoisotopic (exact) mass is 153 g/mol. The number of aliphatic hydroxyl groups is 1. The van der Waals surface area contributed by atoms with E-state index < -0.39 is 0 Å². The van der Waals surface area contributed by atoms with Crippen LogP contribution >= 0.6 is 0 Å². The molecule has 2 heteroatoms. The molecule has 1 atom stereocenters. The first-order valence-electron chi connectivity index (χ1n) is 4.18. The third kappa shape index (κ3) is 4.02. The van der Waals surface area contributed by atoms with Gasteiger partial charge >= 0.3 is 0 Å². The molecule has 2 nitrogen and oxygen atoms in total. The summed E-state index contributed by atoms with van der Waals surface area (Å²) < 4.78 is 0. The Kier molecular flexibility index (Phi) is 3.41. The summed E-state index contributed by atoms with van der Waals surface area (Å²) in [5, 5.41) is 12.5. The van der Waals surface area contributed by atoms with Gasteiger partial charge in [-0.05, 0) is 19.3 Å². The molecule has 1 aliphatic carbocycles. The van der Waals surface area contributed by atoms with E-state index in [4.69, 9.17) is 6.42 Å². The van der Waals surface area contributed by atoms with Crippen LogP contribution in [0.25, 0.3) is 0 Å². The third-order valence-corrected chi connectivity index (χ3v) is 1.84. The van der Waals surface area contributed by atoms with Gasteiger partial charge in [-0.15, -0.1) is 12.3 Å². The highest BCUT2D eigenvalue weighted by Crippen LogP contribution is 2.18. The predicted octanol–water partition coefficient (Wildman–Crippen LogP) is 0.513. The molecule has 0 amide bonds. The minimum Gasteiger partial charge on any atom is -0.392 e. The number of hydrogen-bond acceptors (Lipinski definition) is 2. The van der Waals surface area contributed by atoms with E-state index in [1.54, 1.807) is 0 Å². The minimum absolute atomic E-state index is 0.258. The van der Waals surface area contributed by atoms with Crippen LogP contribution in [0.5, 0.6) is 0 Å². The Balaban J connectivity index is 1.92. The van der Waals surface area contributed by atoms with Gasteiger partial charge in [-0.3, -0.25) is 0 Å². The summed E-state index contributed by atoms with van der Waals surface area (Å²) in [6.07, 6.45) is 8.73. The van der Waals surface area contributed by atoms with Gasteiger partial charge in [0.25, 0.3) is 0 Å². The topological polar surface area (TPSA) is 32.3 Å². The van der Waals surface area contributed by atoms with Gasteiger partial charge < -0.3 is 10.4 Å². The van der Waals surface area contributed by atoms with Crippen molar-refractivity contribution < 1.29 is 5.11 Å². The molecule has 2 N–H and O–H groups in total. The second kappa shape index (κ2) is 4.38. The number of aliphatic hydroxyl groups excluding tert-OH is 1. The zero-order valence-electron chi connectivity index (χ0n) is 6.71. The largest absolute Gasteiger partial charge is 0.392 e. The standard InChI is InChI=1S/C9H15NO/c1-2-3-4-9(11)7-10-8-5-6-8/h1,8-11H,3-7H2. The fourth-order valence-electron chi connectivity index (χ4n) is 0.942. The van der Waals surface area contributed by atoms with E-state index in [1.165, 1.54) is 12.8 Å². The molecule has 0 spiro atoms. The van der Waals surface area contributed by atoms with Crippen molar-refractivity contribution in [1.82, 2.24) is 5.32 Å². The SMILES string of the molecule is C#CCCC(O)CNC1CC1. The summed E-state index contributed by atoms with van der Waals surface area (Å²) in [5.41, 5.74) is 0. The van der Waals surface area contributed by atoms with Crippen LogP contribution in [0.15, 0.2) is 0 Å². The van der Waals surface area contributed by atoms with Gasteiger partial charge in [-0.25, -0.2) is 0 Å². The van der Waals surface area contributed by atoms with Crippen molar-refractivity contribution in [3.05, 3.63) is 0 Å². The molecule has 0 radical (unpaired) electrons. The Morgan fingerprint density at radius 2 is 2.36 bits per heavy atom. The van der Waals surface area contributed by atoms with Crippen molar-refractivity contribution in [2.45, 2.75) is 37.8 Å². The van der Waals surface area contributed by atoms with Gasteiger partial charge in [0.1, 0.15) is 0 Å². The molecule has 62 valence electrons. The van der Waals surface area contributed by atoms with Crippen molar-refractivity contribution in [2.75, 3.05) is 6.54 Å². The zero-order chi connectivity index (χ0) is 8.10. The van der Waals surface area contributed by atoms with Gasteiger partial charge in [0.05, 0.1) is 6.10 Å². The molecular weight excluding hydrogens is 138 g/mol.